The van der Waals surface area contributed by atoms with Gasteiger partial charge in [0, 0.05) is 11.0 Å². The van der Waals surface area contributed by atoms with Crippen molar-refractivity contribution in [2.75, 3.05) is 13.2 Å². The van der Waals surface area contributed by atoms with E-state index in [-0.39, 0.29) is 5.41 Å². The highest BCUT2D eigenvalue weighted by molar-refractivity contribution is 5.57. The van der Waals surface area contributed by atoms with Gasteiger partial charge in [0.05, 0.1) is 26.0 Å². The lowest BCUT2D eigenvalue weighted by Crippen LogP contribution is -2.45. The molecule has 7 heteroatoms. The van der Waals surface area contributed by atoms with Gasteiger partial charge in [0.15, 0.2) is 5.69 Å². The predicted octanol–water partition coefficient (Wildman–Crippen LogP) is 2.73. The second-order valence-electron chi connectivity index (χ2n) is 6.44. The third kappa shape index (κ3) is 2.71. The van der Waals surface area contributed by atoms with E-state index in [1.54, 1.807) is 0 Å². The van der Waals surface area contributed by atoms with Crippen LogP contribution in [0.1, 0.15) is 18.9 Å². The topological polar surface area (TPSA) is 78.9 Å². The van der Waals surface area contributed by atoms with Gasteiger partial charge in [-0.15, -0.1) is 5.10 Å². The van der Waals surface area contributed by atoms with E-state index in [1.807, 2.05) is 42.1 Å². The molecule has 0 saturated carbocycles. The van der Waals surface area contributed by atoms with Gasteiger partial charge in [-0.1, -0.05) is 47.1 Å². The van der Waals surface area contributed by atoms with Crippen LogP contribution in [0, 0.1) is 12.3 Å². The average Bonchev–Trinajstić information content (AvgIpc) is 3.21. The third-order valence-corrected chi connectivity index (χ3v) is 4.56. The molecule has 1 fully saturated rings. The van der Waals surface area contributed by atoms with E-state index in [9.17, 15) is 0 Å². The van der Waals surface area contributed by atoms with Gasteiger partial charge in [-0.25, -0.2) is 0 Å². The molecule has 0 aliphatic carbocycles. The van der Waals surface area contributed by atoms with Crippen LogP contribution in [0.4, 0.5) is 0 Å². The summed E-state index contributed by atoms with van der Waals surface area (Å²) >= 11 is 0. The Morgan fingerprint density at radius 1 is 1.21 bits per heavy atom. The molecule has 0 amide bonds. The van der Waals surface area contributed by atoms with Crippen LogP contribution in [0.2, 0.25) is 0 Å². The molecule has 4 rings (SSSR count). The summed E-state index contributed by atoms with van der Waals surface area (Å²) in [6.45, 7) is 6.55. The minimum Gasteiger partial charge on any atom is -0.380 e. The number of rotatable bonds is 5. The van der Waals surface area contributed by atoms with Crippen molar-refractivity contribution < 1.29 is 9.26 Å². The van der Waals surface area contributed by atoms with Gasteiger partial charge in [-0.2, -0.15) is 4.98 Å². The van der Waals surface area contributed by atoms with Crippen molar-refractivity contribution in [3.8, 4) is 23.0 Å². The molecule has 0 N–H and O–H groups in total. The molecule has 0 radical (unpaired) electrons. The smallest absolute Gasteiger partial charge is 0.280 e. The fourth-order valence-corrected chi connectivity index (χ4v) is 2.76. The maximum atomic E-state index is 5.35. The lowest BCUT2D eigenvalue weighted by molar-refractivity contribution is -0.125. The first-order valence-electron chi connectivity index (χ1n) is 8.06. The van der Waals surface area contributed by atoms with Crippen molar-refractivity contribution in [1.29, 1.82) is 0 Å². The zero-order valence-electron chi connectivity index (χ0n) is 13.8. The fraction of sp³-hybridized carbons (Fsp3) is 0.412. The number of benzene rings is 1. The molecule has 1 aliphatic rings. The summed E-state index contributed by atoms with van der Waals surface area (Å²) in [5.74, 6) is 0.934. The second kappa shape index (κ2) is 5.83. The monoisotopic (exact) mass is 325 g/mol. The van der Waals surface area contributed by atoms with Crippen LogP contribution in [0.3, 0.4) is 0 Å². The molecule has 0 bridgehead atoms. The standard InChI is InChI=1S/C17H19N5O2/c1-3-17(10-23-11-17)9-22-8-14(19-21-22)16-18-15(20-24-16)13-6-4-12(2)5-7-13/h4-8H,3,9-11H2,1-2H3. The van der Waals surface area contributed by atoms with Gasteiger partial charge in [0.1, 0.15) is 0 Å². The number of aryl methyl sites for hydroxylation is 1. The maximum Gasteiger partial charge on any atom is 0.280 e. The van der Waals surface area contributed by atoms with Crippen LogP contribution in [-0.4, -0.2) is 38.3 Å². The number of hydrogen-bond acceptors (Lipinski definition) is 6. The van der Waals surface area contributed by atoms with Crippen LogP contribution >= 0.6 is 0 Å². The Morgan fingerprint density at radius 2 is 2.00 bits per heavy atom. The highest BCUT2D eigenvalue weighted by atomic mass is 16.5. The molecule has 1 aliphatic heterocycles. The Morgan fingerprint density at radius 3 is 2.67 bits per heavy atom. The van der Waals surface area contributed by atoms with E-state index in [0.717, 1.165) is 31.7 Å². The van der Waals surface area contributed by atoms with Crippen molar-refractivity contribution >= 4 is 0 Å². The van der Waals surface area contributed by atoms with Gasteiger partial charge < -0.3 is 9.26 Å². The van der Waals surface area contributed by atoms with Gasteiger partial charge in [-0.3, -0.25) is 4.68 Å². The van der Waals surface area contributed by atoms with Gasteiger partial charge >= 0.3 is 0 Å². The molecular weight excluding hydrogens is 306 g/mol. The molecule has 3 aromatic rings. The average molecular weight is 325 g/mol. The first-order chi connectivity index (χ1) is 11.7. The van der Waals surface area contributed by atoms with Crippen LogP contribution in [0.15, 0.2) is 35.0 Å². The third-order valence-electron chi connectivity index (χ3n) is 4.56. The molecule has 24 heavy (non-hydrogen) atoms. The van der Waals surface area contributed by atoms with Crippen molar-refractivity contribution in [3.05, 3.63) is 36.0 Å². The molecule has 124 valence electrons. The first kappa shape index (κ1) is 15.0. The summed E-state index contributed by atoms with van der Waals surface area (Å²) in [6, 6.07) is 7.99. The zero-order chi connectivity index (χ0) is 16.6. The molecule has 0 atom stereocenters. The highest BCUT2D eigenvalue weighted by Gasteiger charge is 2.37. The van der Waals surface area contributed by atoms with Gasteiger partial charge in [0.25, 0.3) is 5.89 Å². The Bertz CT molecular complexity index is 827. The summed E-state index contributed by atoms with van der Waals surface area (Å²) < 4.78 is 12.5. The Balaban J connectivity index is 1.53. The van der Waals surface area contributed by atoms with E-state index in [4.69, 9.17) is 9.26 Å². The van der Waals surface area contributed by atoms with Crippen LogP contribution in [0.25, 0.3) is 23.0 Å². The summed E-state index contributed by atoms with van der Waals surface area (Å²) in [6.07, 6.45) is 2.91. The molecule has 1 saturated heterocycles. The van der Waals surface area contributed by atoms with E-state index in [2.05, 4.69) is 27.4 Å². The zero-order valence-corrected chi connectivity index (χ0v) is 13.8. The minimum atomic E-state index is 0.173. The molecule has 7 nitrogen and oxygen atoms in total. The molecule has 2 aromatic heterocycles. The van der Waals surface area contributed by atoms with E-state index >= 15 is 0 Å². The highest BCUT2D eigenvalue weighted by Crippen LogP contribution is 2.33. The number of hydrogen-bond donors (Lipinski definition) is 0. The molecule has 3 heterocycles. The Kier molecular flexibility index (Phi) is 3.65. The molecular formula is C17H19N5O2. The van der Waals surface area contributed by atoms with E-state index in [1.165, 1.54) is 5.56 Å². The quantitative estimate of drug-likeness (QED) is 0.717. The Labute approximate surface area is 139 Å². The summed E-state index contributed by atoms with van der Waals surface area (Å²) in [5, 5.41) is 12.4. The number of nitrogens with zero attached hydrogens (tertiary/aromatic N) is 5. The van der Waals surface area contributed by atoms with Crippen LogP contribution < -0.4 is 0 Å². The minimum absolute atomic E-state index is 0.173. The molecule has 0 spiro atoms. The summed E-state index contributed by atoms with van der Waals surface area (Å²) in [5.41, 5.74) is 2.87. The largest absolute Gasteiger partial charge is 0.380 e. The predicted molar refractivity (Wildman–Crippen MR) is 87.0 cm³/mol. The molecule has 0 unspecified atom stereocenters. The number of aromatic nitrogens is 5. The van der Waals surface area contributed by atoms with Crippen molar-refractivity contribution in [3.63, 3.8) is 0 Å². The lowest BCUT2D eigenvalue weighted by Gasteiger charge is -2.40. The summed E-state index contributed by atoms with van der Waals surface area (Å²) in [7, 11) is 0. The maximum absolute atomic E-state index is 5.35. The SMILES string of the molecule is CCC1(Cn2cc(-c3nc(-c4ccc(C)cc4)no3)nn2)COC1. The van der Waals surface area contributed by atoms with Crippen molar-refractivity contribution in [2.45, 2.75) is 26.8 Å². The van der Waals surface area contributed by atoms with Gasteiger partial charge in [-0.05, 0) is 13.3 Å². The normalized spacial score (nSPS) is 16.1. The van der Waals surface area contributed by atoms with Crippen LogP contribution in [0.5, 0.6) is 0 Å². The molecule has 1 aromatic carbocycles. The van der Waals surface area contributed by atoms with Crippen molar-refractivity contribution in [1.82, 2.24) is 25.1 Å². The van der Waals surface area contributed by atoms with E-state index < -0.39 is 0 Å². The fourth-order valence-electron chi connectivity index (χ4n) is 2.76. The number of ether oxygens (including phenoxy) is 1. The van der Waals surface area contributed by atoms with E-state index in [0.29, 0.717) is 17.4 Å². The first-order valence-corrected chi connectivity index (χ1v) is 8.06. The Hall–Kier alpha value is -2.54. The summed E-state index contributed by atoms with van der Waals surface area (Å²) in [4.78, 5) is 4.43. The van der Waals surface area contributed by atoms with Crippen molar-refractivity contribution in [2.24, 2.45) is 5.41 Å². The lowest BCUT2D eigenvalue weighted by atomic mass is 9.83. The second-order valence-corrected chi connectivity index (χ2v) is 6.44. The van der Waals surface area contributed by atoms with Crippen LogP contribution in [-0.2, 0) is 11.3 Å². The van der Waals surface area contributed by atoms with Gasteiger partial charge in [0.2, 0.25) is 5.82 Å².